The smallest absolute Gasteiger partial charge is 0.124 e. The van der Waals surface area contributed by atoms with Gasteiger partial charge in [-0.2, -0.15) is 0 Å². The van der Waals surface area contributed by atoms with Gasteiger partial charge in [0.05, 0.1) is 17.7 Å². The number of hydrogen-bond acceptors (Lipinski definition) is 6. The van der Waals surface area contributed by atoms with Gasteiger partial charge in [0.1, 0.15) is 11.6 Å². The molecule has 0 aliphatic rings. The molecule has 0 fully saturated rings. The predicted molar refractivity (Wildman–Crippen MR) is 126 cm³/mol. The summed E-state index contributed by atoms with van der Waals surface area (Å²) in [5.41, 5.74) is 26.1. The Morgan fingerprint density at radius 2 is 1.83 bits per heavy atom. The van der Waals surface area contributed by atoms with Crippen molar-refractivity contribution < 1.29 is 5.11 Å². The molecule has 30 heavy (non-hydrogen) atoms. The normalized spacial score (nSPS) is 13.2. The van der Waals surface area contributed by atoms with Crippen molar-refractivity contribution in [1.82, 2.24) is 9.55 Å². The van der Waals surface area contributed by atoms with Crippen LogP contribution in [0, 0.1) is 5.92 Å². The van der Waals surface area contributed by atoms with Gasteiger partial charge in [-0.25, -0.2) is 4.98 Å². The highest BCUT2D eigenvalue weighted by Gasteiger charge is 2.20. The van der Waals surface area contributed by atoms with E-state index in [-0.39, 0.29) is 17.5 Å². The van der Waals surface area contributed by atoms with E-state index in [1.54, 1.807) is 41.2 Å². The molecule has 0 aliphatic heterocycles. The summed E-state index contributed by atoms with van der Waals surface area (Å²) >= 11 is 0. The molecule has 0 radical (unpaired) electrons. The van der Waals surface area contributed by atoms with E-state index in [2.05, 4.69) is 18.8 Å². The third-order valence-corrected chi connectivity index (χ3v) is 5.05. The lowest BCUT2D eigenvalue weighted by Crippen LogP contribution is -2.16. The predicted octanol–water partition coefficient (Wildman–Crippen LogP) is 3.53. The first-order chi connectivity index (χ1) is 14.4. The maximum atomic E-state index is 10.0. The lowest BCUT2D eigenvalue weighted by molar-refractivity contribution is 0.384. The number of nitrogens with two attached hydrogens (primary N) is 4. The van der Waals surface area contributed by atoms with E-state index in [1.165, 1.54) is 0 Å². The summed E-state index contributed by atoms with van der Waals surface area (Å²) in [6, 6.07) is 6.84. The third-order valence-electron chi connectivity index (χ3n) is 5.05. The number of allylic oxidation sites excluding steroid dienone is 2. The van der Waals surface area contributed by atoms with Crippen molar-refractivity contribution in [1.29, 1.82) is 0 Å². The molecule has 2 atom stereocenters. The van der Waals surface area contributed by atoms with Gasteiger partial charge in [0.15, 0.2) is 0 Å². The molecule has 1 aromatic heterocycles. The second-order valence-electron chi connectivity index (χ2n) is 7.08. The fourth-order valence-corrected chi connectivity index (χ4v) is 3.43. The minimum Gasteiger partial charge on any atom is -0.507 e. The highest BCUT2D eigenvalue weighted by molar-refractivity contribution is 5.77. The molecule has 0 saturated carbocycles. The number of imidazole rings is 1. The van der Waals surface area contributed by atoms with Crippen LogP contribution in [0.3, 0.4) is 0 Å². The molecule has 0 saturated heterocycles. The van der Waals surface area contributed by atoms with Crippen LogP contribution < -0.4 is 22.9 Å². The van der Waals surface area contributed by atoms with Crippen LogP contribution in [0.2, 0.25) is 0 Å². The zero-order chi connectivity index (χ0) is 22.7. The number of para-hydroxylation sites is 1. The van der Waals surface area contributed by atoms with Crippen LogP contribution in [0.5, 0.6) is 5.75 Å². The van der Waals surface area contributed by atoms with E-state index >= 15 is 0 Å². The average molecular weight is 415 g/mol. The molecule has 2 unspecified atom stereocenters. The standard InChI is InChI=1S/C21H32N6O.C2H6/c1-3-6-15(9-10-22)14(2)18-12-27(13-26-18)19(21(24)25)11-17(23)16-7-4-5-8-20(16)28;1-2/h4-5,7-8,11-15,28H,3,6,9-10,22-25H2,1-2H3;1-2H3/b17-11-;. The highest BCUT2D eigenvalue weighted by atomic mass is 16.3. The molecule has 7 nitrogen and oxygen atoms in total. The Morgan fingerprint density at radius 3 is 2.40 bits per heavy atom. The minimum absolute atomic E-state index is 0.0929. The Hall–Kier alpha value is -2.93. The first-order valence-electron chi connectivity index (χ1n) is 10.6. The molecule has 0 bridgehead atoms. The topological polar surface area (TPSA) is 142 Å². The Balaban J connectivity index is 0.00000218. The van der Waals surface area contributed by atoms with Crippen molar-refractivity contribution in [3.05, 3.63) is 59.9 Å². The van der Waals surface area contributed by atoms with Gasteiger partial charge in [0, 0.05) is 23.4 Å². The van der Waals surface area contributed by atoms with Crippen molar-refractivity contribution in [2.24, 2.45) is 28.9 Å². The van der Waals surface area contributed by atoms with Crippen molar-refractivity contribution in [3.63, 3.8) is 0 Å². The SMILES string of the molecule is CC.CCCC(CCN)C(C)c1cn(C(/C=C(\N)c2ccccc2O)=C(N)N)cn1. The van der Waals surface area contributed by atoms with E-state index in [4.69, 9.17) is 22.9 Å². The monoisotopic (exact) mass is 414 g/mol. The first-order valence-corrected chi connectivity index (χ1v) is 10.6. The lowest BCUT2D eigenvalue weighted by atomic mass is 9.85. The van der Waals surface area contributed by atoms with Gasteiger partial charge in [-0.1, -0.05) is 52.7 Å². The van der Waals surface area contributed by atoms with Gasteiger partial charge in [-0.05, 0) is 37.1 Å². The number of hydrogen-bond donors (Lipinski definition) is 5. The van der Waals surface area contributed by atoms with Crippen LogP contribution in [0.4, 0.5) is 0 Å². The maximum Gasteiger partial charge on any atom is 0.124 e. The molecule has 7 heteroatoms. The summed E-state index contributed by atoms with van der Waals surface area (Å²) < 4.78 is 1.76. The summed E-state index contributed by atoms with van der Waals surface area (Å²) in [6.07, 6.45) is 8.42. The van der Waals surface area contributed by atoms with Gasteiger partial charge in [0.2, 0.25) is 0 Å². The van der Waals surface area contributed by atoms with Crippen LogP contribution in [-0.4, -0.2) is 21.2 Å². The second-order valence-corrected chi connectivity index (χ2v) is 7.08. The summed E-state index contributed by atoms with van der Waals surface area (Å²) in [7, 11) is 0. The molecular weight excluding hydrogens is 376 g/mol. The van der Waals surface area contributed by atoms with Crippen LogP contribution in [0.25, 0.3) is 11.4 Å². The van der Waals surface area contributed by atoms with Crippen LogP contribution in [-0.2, 0) is 0 Å². The Labute approximate surface area is 180 Å². The Morgan fingerprint density at radius 1 is 1.17 bits per heavy atom. The molecule has 2 rings (SSSR count). The van der Waals surface area contributed by atoms with Gasteiger partial charge in [0.25, 0.3) is 0 Å². The van der Waals surface area contributed by atoms with Crippen LogP contribution in [0.15, 0.2) is 48.7 Å². The van der Waals surface area contributed by atoms with Crippen molar-refractivity contribution in [2.75, 3.05) is 6.54 Å². The number of aromatic nitrogens is 2. The molecule has 1 aromatic carbocycles. The Bertz CT molecular complexity index is 830. The molecule has 0 amide bonds. The highest BCUT2D eigenvalue weighted by Crippen LogP contribution is 2.30. The van der Waals surface area contributed by atoms with Crippen LogP contribution >= 0.6 is 0 Å². The van der Waals surface area contributed by atoms with E-state index in [0.717, 1.165) is 25.0 Å². The number of phenolic OH excluding ortho intramolecular Hbond substituents is 1. The van der Waals surface area contributed by atoms with Crippen molar-refractivity contribution in [2.45, 2.75) is 52.9 Å². The zero-order valence-electron chi connectivity index (χ0n) is 18.7. The number of aromatic hydroxyl groups is 1. The van der Waals surface area contributed by atoms with E-state index in [1.807, 2.05) is 20.0 Å². The minimum atomic E-state index is 0.0929. The molecule has 0 aliphatic carbocycles. The van der Waals surface area contributed by atoms with Crippen molar-refractivity contribution >= 4 is 11.4 Å². The zero-order valence-corrected chi connectivity index (χ0v) is 18.7. The maximum absolute atomic E-state index is 10.0. The van der Waals surface area contributed by atoms with Gasteiger partial charge >= 0.3 is 0 Å². The van der Waals surface area contributed by atoms with Gasteiger partial charge in [-0.3, -0.25) is 0 Å². The molecule has 9 N–H and O–H groups in total. The summed E-state index contributed by atoms with van der Waals surface area (Å²) in [5.74, 6) is 0.949. The number of nitrogens with zero attached hydrogens (tertiary/aromatic N) is 2. The summed E-state index contributed by atoms with van der Waals surface area (Å²) in [4.78, 5) is 4.56. The van der Waals surface area contributed by atoms with Gasteiger partial charge in [-0.15, -0.1) is 0 Å². The molecule has 166 valence electrons. The number of benzene rings is 1. The van der Waals surface area contributed by atoms with Crippen LogP contribution in [0.1, 0.15) is 64.1 Å². The number of rotatable bonds is 9. The first kappa shape index (κ1) is 25.1. The summed E-state index contributed by atoms with van der Waals surface area (Å²) in [5, 5.41) is 10.0. The molecule has 1 heterocycles. The lowest BCUT2D eigenvalue weighted by Gasteiger charge is -2.21. The average Bonchev–Trinajstić information content (AvgIpc) is 3.22. The van der Waals surface area contributed by atoms with E-state index < -0.39 is 0 Å². The third kappa shape index (κ3) is 6.56. The number of phenols is 1. The molecule has 0 spiro atoms. The molecular formula is C23H38N6O. The fraction of sp³-hybridized carbons (Fsp3) is 0.435. The van der Waals surface area contributed by atoms with Crippen molar-refractivity contribution in [3.8, 4) is 5.75 Å². The van der Waals surface area contributed by atoms with E-state index in [9.17, 15) is 5.11 Å². The molecule has 2 aromatic rings. The Kier molecular flexibility index (Phi) is 10.5. The largest absolute Gasteiger partial charge is 0.507 e. The second kappa shape index (κ2) is 12.6. The quantitative estimate of drug-likeness (QED) is 0.397. The van der Waals surface area contributed by atoms with Gasteiger partial charge < -0.3 is 32.6 Å². The summed E-state index contributed by atoms with van der Waals surface area (Å²) in [6.45, 7) is 9.01. The van der Waals surface area contributed by atoms with E-state index in [0.29, 0.717) is 29.4 Å². The fourth-order valence-electron chi connectivity index (χ4n) is 3.43.